The quantitative estimate of drug-likeness (QED) is 0.667. The highest BCUT2D eigenvalue weighted by Crippen LogP contribution is 2.19. The van der Waals surface area contributed by atoms with Crippen molar-refractivity contribution in [3.63, 3.8) is 0 Å². The van der Waals surface area contributed by atoms with Crippen LogP contribution in [0.4, 0.5) is 0 Å². The number of nitrogens with one attached hydrogen (secondary N) is 1. The fourth-order valence-corrected chi connectivity index (χ4v) is 2.37. The van der Waals surface area contributed by atoms with E-state index in [4.69, 9.17) is 0 Å². The van der Waals surface area contributed by atoms with E-state index in [0.717, 1.165) is 17.7 Å². The van der Waals surface area contributed by atoms with E-state index in [1.807, 2.05) is 0 Å². The monoisotopic (exact) mass is 217 g/mol. The van der Waals surface area contributed by atoms with E-state index in [-0.39, 0.29) is 0 Å². The summed E-state index contributed by atoms with van der Waals surface area (Å²) in [6.07, 6.45) is 2.53. The highest BCUT2D eigenvalue weighted by molar-refractivity contribution is 7.99. The zero-order valence-electron chi connectivity index (χ0n) is 10.5. The Bertz CT molecular complexity index is 127. The first-order valence-corrected chi connectivity index (χ1v) is 7.01. The molecule has 2 heteroatoms. The summed E-state index contributed by atoms with van der Waals surface area (Å²) in [5, 5.41) is 4.28. The molecule has 0 aliphatic carbocycles. The lowest BCUT2D eigenvalue weighted by Gasteiger charge is -2.22. The largest absolute Gasteiger partial charge is 0.313 e. The lowest BCUT2D eigenvalue weighted by atomic mass is 10.2. The molecular formula is C12H27NS. The molecule has 0 radical (unpaired) electrons. The topological polar surface area (TPSA) is 12.0 Å². The summed E-state index contributed by atoms with van der Waals surface area (Å²) >= 11 is 2.11. The van der Waals surface area contributed by atoms with Crippen LogP contribution in [-0.2, 0) is 0 Å². The summed E-state index contributed by atoms with van der Waals surface area (Å²) in [5.41, 5.74) is 0. The summed E-state index contributed by atoms with van der Waals surface area (Å²) in [7, 11) is 0. The zero-order chi connectivity index (χ0) is 11.0. The molecule has 0 bridgehead atoms. The number of hydrogen-bond donors (Lipinski definition) is 1. The Balaban J connectivity index is 3.55. The smallest absolute Gasteiger partial charge is 0.0170 e. The predicted molar refractivity (Wildman–Crippen MR) is 69.1 cm³/mol. The molecule has 1 nitrogen and oxygen atoms in total. The first-order valence-electron chi connectivity index (χ1n) is 5.96. The lowest BCUT2D eigenvalue weighted by molar-refractivity contribution is 0.540. The van der Waals surface area contributed by atoms with Crippen LogP contribution in [0, 0.1) is 5.92 Å². The van der Waals surface area contributed by atoms with Gasteiger partial charge in [0.15, 0.2) is 0 Å². The van der Waals surface area contributed by atoms with Gasteiger partial charge in [-0.1, -0.05) is 34.1 Å². The molecule has 0 heterocycles. The van der Waals surface area contributed by atoms with Crippen molar-refractivity contribution >= 4 is 11.8 Å². The minimum atomic E-state index is 0.643. The Labute approximate surface area is 94.4 Å². The van der Waals surface area contributed by atoms with Crippen LogP contribution in [0.3, 0.4) is 0 Å². The van der Waals surface area contributed by atoms with Crippen LogP contribution in [0.25, 0.3) is 0 Å². The summed E-state index contributed by atoms with van der Waals surface area (Å²) in [5.74, 6) is 2.16. The molecule has 0 aliphatic rings. The zero-order valence-corrected chi connectivity index (χ0v) is 11.3. The third kappa shape index (κ3) is 6.72. The number of thioether (sulfide) groups is 1. The molecule has 0 spiro atoms. The summed E-state index contributed by atoms with van der Waals surface area (Å²) in [4.78, 5) is 0. The summed E-state index contributed by atoms with van der Waals surface area (Å²) < 4.78 is 0. The van der Waals surface area contributed by atoms with Gasteiger partial charge in [-0.15, -0.1) is 0 Å². The number of hydrogen-bond acceptors (Lipinski definition) is 2. The van der Waals surface area contributed by atoms with Gasteiger partial charge in [0, 0.05) is 11.3 Å². The average molecular weight is 217 g/mol. The van der Waals surface area contributed by atoms with Crippen LogP contribution < -0.4 is 5.32 Å². The Morgan fingerprint density at radius 3 is 2.29 bits per heavy atom. The average Bonchev–Trinajstić information content (AvgIpc) is 2.21. The second-order valence-corrected chi connectivity index (χ2v) is 5.70. The van der Waals surface area contributed by atoms with Gasteiger partial charge in [0.1, 0.15) is 0 Å². The van der Waals surface area contributed by atoms with Gasteiger partial charge in [-0.2, -0.15) is 11.8 Å². The molecule has 0 aromatic heterocycles. The molecular weight excluding hydrogens is 190 g/mol. The first kappa shape index (κ1) is 14.3. The maximum absolute atomic E-state index is 3.55. The van der Waals surface area contributed by atoms with Crippen LogP contribution in [0.1, 0.15) is 47.5 Å². The molecule has 0 aromatic carbocycles. The normalized spacial score (nSPS) is 17.8. The van der Waals surface area contributed by atoms with Crippen LogP contribution in [0.5, 0.6) is 0 Å². The second-order valence-electron chi connectivity index (χ2n) is 4.29. The minimum absolute atomic E-state index is 0.643. The fourth-order valence-electron chi connectivity index (χ4n) is 1.12. The van der Waals surface area contributed by atoms with Gasteiger partial charge >= 0.3 is 0 Å². The predicted octanol–water partition coefficient (Wildman–Crippen LogP) is 3.54. The second kappa shape index (κ2) is 8.60. The molecule has 86 valence electrons. The van der Waals surface area contributed by atoms with Crippen molar-refractivity contribution in [1.82, 2.24) is 5.32 Å². The van der Waals surface area contributed by atoms with E-state index >= 15 is 0 Å². The molecule has 0 fully saturated rings. The van der Waals surface area contributed by atoms with Crippen LogP contribution in [0.2, 0.25) is 0 Å². The van der Waals surface area contributed by atoms with E-state index in [1.165, 1.54) is 18.6 Å². The van der Waals surface area contributed by atoms with Crippen molar-refractivity contribution < 1.29 is 0 Å². The van der Waals surface area contributed by atoms with Gasteiger partial charge in [-0.25, -0.2) is 0 Å². The fraction of sp³-hybridized carbons (Fsp3) is 1.00. The maximum Gasteiger partial charge on any atom is 0.0170 e. The van der Waals surface area contributed by atoms with Crippen molar-refractivity contribution in [3.05, 3.63) is 0 Å². The van der Waals surface area contributed by atoms with E-state index in [9.17, 15) is 0 Å². The van der Waals surface area contributed by atoms with Crippen LogP contribution in [0.15, 0.2) is 0 Å². The van der Waals surface area contributed by atoms with Crippen LogP contribution in [-0.4, -0.2) is 23.6 Å². The standard InChI is InChI=1S/C12H27NS/c1-6-8-13-11(4)12(5)14-9-10(3)7-2/h10-13H,6-9H2,1-5H3. The molecule has 0 rings (SSSR count). The van der Waals surface area contributed by atoms with Crippen molar-refractivity contribution in [1.29, 1.82) is 0 Å². The molecule has 0 aliphatic heterocycles. The van der Waals surface area contributed by atoms with Gasteiger partial charge in [0.25, 0.3) is 0 Å². The van der Waals surface area contributed by atoms with Gasteiger partial charge in [-0.05, 0) is 31.6 Å². The van der Waals surface area contributed by atoms with Gasteiger partial charge in [0.2, 0.25) is 0 Å². The van der Waals surface area contributed by atoms with E-state index in [0.29, 0.717) is 6.04 Å². The number of rotatable bonds is 8. The molecule has 0 amide bonds. The highest BCUT2D eigenvalue weighted by atomic mass is 32.2. The first-order chi connectivity index (χ1) is 6.61. The van der Waals surface area contributed by atoms with Crippen molar-refractivity contribution in [3.8, 4) is 0 Å². The van der Waals surface area contributed by atoms with Gasteiger partial charge < -0.3 is 5.32 Å². The summed E-state index contributed by atoms with van der Waals surface area (Å²) in [6, 6.07) is 0.643. The van der Waals surface area contributed by atoms with Gasteiger partial charge in [-0.3, -0.25) is 0 Å². The van der Waals surface area contributed by atoms with E-state index in [1.54, 1.807) is 0 Å². The highest BCUT2D eigenvalue weighted by Gasteiger charge is 2.12. The van der Waals surface area contributed by atoms with Gasteiger partial charge in [0.05, 0.1) is 0 Å². The molecule has 0 aromatic rings. The molecule has 14 heavy (non-hydrogen) atoms. The SMILES string of the molecule is CCCNC(C)C(C)SCC(C)CC. The Kier molecular flexibility index (Phi) is 8.80. The Morgan fingerprint density at radius 1 is 1.14 bits per heavy atom. The third-order valence-corrected chi connectivity index (χ3v) is 4.46. The maximum atomic E-state index is 3.55. The Morgan fingerprint density at radius 2 is 1.79 bits per heavy atom. The molecule has 0 saturated heterocycles. The van der Waals surface area contributed by atoms with E-state index < -0.39 is 0 Å². The third-order valence-electron chi connectivity index (χ3n) is 2.76. The molecule has 1 N–H and O–H groups in total. The van der Waals surface area contributed by atoms with E-state index in [2.05, 4.69) is 51.7 Å². The summed E-state index contributed by atoms with van der Waals surface area (Å²) in [6.45, 7) is 12.6. The Hall–Kier alpha value is 0.310. The molecule has 3 unspecified atom stereocenters. The minimum Gasteiger partial charge on any atom is -0.313 e. The van der Waals surface area contributed by atoms with Crippen molar-refractivity contribution in [2.24, 2.45) is 5.92 Å². The van der Waals surface area contributed by atoms with Crippen LogP contribution >= 0.6 is 11.8 Å². The molecule has 0 saturated carbocycles. The van der Waals surface area contributed by atoms with Crippen molar-refractivity contribution in [2.45, 2.75) is 58.8 Å². The van der Waals surface area contributed by atoms with Crippen molar-refractivity contribution in [2.75, 3.05) is 12.3 Å². The lowest BCUT2D eigenvalue weighted by Crippen LogP contribution is -2.34. The molecule has 3 atom stereocenters.